The Morgan fingerprint density at radius 2 is 1.81 bits per heavy atom. The highest BCUT2D eigenvalue weighted by Gasteiger charge is 2.18. The SMILES string of the molecule is CS(=O)(=O)c1ccccc1NC(=O)c1nc(Cl)ccc1Cl. The predicted octanol–water partition coefficient (Wildman–Crippen LogP) is 3.04. The number of amides is 1. The van der Waals surface area contributed by atoms with Gasteiger partial charge in [0.2, 0.25) is 0 Å². The largest absolute Gasteiger partial charge is 0.319 e. The zero-order valence-electron chi connectivity index (χ0n) is 10.8. The Kier molecular flexibility index (Phi) is 4.51. The summed E-state index contributed by atoms with van der Waals surface area (Å²) in [6, 6.07) is 8.94. The summed E-state index contributed by atoms with van der Waals surface area (Å²) in [6.45, 7) is 0. The summed E-state index contributed by atoms with van der Waals surface area (Å²) < 4.78 is 23.4. The van der Waals surface area contributed by atoms with Crippen LogP contribution in [0.5, 0.6) is 0 Å². The number of nitrogens with one attached hydrogen (secondary N) is 1. The lowest BCUT2D eigenvalue weighted by Crippen LogP contribution is -2.16. The van der Waals surface area contributed by atoms with Crippen LogP contribution in [-0.2, 0) is 9.84 Å². The highest BCUT2D eigenvalue weighted by Crippen LogP contribution is 2.23. The smallest absolute Gasteiger partial charge is 0.275 e. The number of sulfone groups is 1. The number of benzene rings is 1. The topological polar surface area (TPSA) is 76.1 Å². The van der Waals surface area contributed by atoms with Gasteiger partial charge in [0.05, 0.1) is 15.6 Å². The van der Waals surface area contributed by atoms with Crippen LogP contribution >= 0.6 is 23.2 Å². The second-order valence-corrected chi connectivity index (χ2v) is 6.97. The number of nitrogens with zero attached hydrogens (tertiary/aromatic N) is 1. The first-order valence-electron chi connectivity index (χ1n) is 5.71. The zero-order valence-corrected chi connectivity index (χ0v) is 13.1. The van der Waals surface area contributed by atoms with Crippen molar-refractivity contribution in [3.63, 3.8) is 0 Å². The number of carbonyl (C=O) groups excluding carboxylic acids is 1. The van der Waals surface area contributed by atoms with E-state index in [-0.39, 0.29) is 26.5 Å². The Balaban J connectivity index is 2.39. The van der Waals surface area contributed by atoms with E-state index < -0.39 is 15.7 Å². The molecule has 0 bridgehead atoms. The zero-order chi connectivity index (χ0) is 15.6. The summed E-state index contributed by atoms with van der Waals surface area (Å²) in [7, 11) is -3.47. The Morgan fingerprint density at radius 3 is 2.48 bits per heavy atom. The first-order valence-corrected chi connectivity index (χ1v) is 8.36. The second kappa shape index (κ2) is 6.01. The number of hydrogen-bond donors (Lipinski definition) is 1. The highest BCUT2D eigenvalue weighted by atomic mass is 35.5. The molecule has 1 aromatic carbocycles. The molecule has 1 aromatic heterocycles. The van der Waals surface area contributed by atoms with Gasteiger partial charge in [-0.25, -0.2) is 13.4 Å². The number of anilines is 1. The van der Waals surface area contributed by atoms with Gasteiger partial charge in [-0.1, -0.05) is 35.3 Å². The molecule has 0 saturated heterocycles. The molecule has 5 nitrogen and oxygen atoms in total. The van der Waals surface area contributed by atoms with E-state index in [4.69, 9.17) is 23.2 Å². The van der Waals surface area contributed by atoms with Crippen LogP contribution in [0.15, 0.2) is 41.3 Å². The van der Waals surface area contributed by atoms with Gasteiger partial charge in [-0.2, -0.15) is 0 Å². The standard InChI is InChI=1S/C13H10Cl2N2O3S/c1-21(19,20)10-5-3-2-4-9(10)16-13(18)12-8(14)6-7-11(15)17-12/h2-7H,1H3,(H,16,18). The lowest BCUT2D eigenvalue weighted by Gasteiger charge is -2.10. The van der Waals surface area contributed by atoms with Crippen LogP contribution in [0.2, 0.25) is 10.2 Å². The van der Waals surface area contributed by atoms with E-state index in [2.05, 4.69) is 10.3 Å². The van der Waals surface area contributed by atoms with E-state index in [0.717, 1.165) is 6.26 Å². The van der Waals surface area contributed by atoms with E-state index in [1.165, 1.54) is 24.3 Å². The van der Waals surface area contributed by atoms with Crippen molar-refractivity contribution >= 4 is 44.6 Å². The van der Waals surface area contributed by atoms with Crippen LogP contribution < -0.4 is 5.32 Å². The van der Waals surface area contributed by atoms with Gasteiger partial charge >= 0.3 is 0 Å². The second-order valence-electron chi connectivity index (χ2n) is 4.19. The monoisotopic (exact) mass is 344 g/mol. The minimum absolute atomic E-state index is 0.0106. The third kappa shape index (κ3) is 3.72. The number of aromatic nitrogens is 1. The molecule has 1 amide bonds. The average molecular weight is 345 g/mol. The number of rotatable bonds is 3. The van der Waals surface area contributed by atoms with Crippen molar-refractivity contribution in [1.29, 1.82) is 0 Å². The Bertz CT molecular complexity index is 807. The lowest BCUT2D eigenvalue weighted by molar-refractivity contribution is 0.102. The molecular weight excluding hydrogens is 335 g/mol. The van der Waals surface area contributed by atoms with Crippen molar-refractivity contribution in [2.75, 3.05) is 11.6 Å². The minimum atomic E-state index is -3.47. The summed E-state index contributed by atoms with van der Waals surface area (Å²) in [5.74, 6) is -0.640. The van der Waals surface area contributed by atoms with Crippen LogP contribution in [0.3, 0.4) is 0 Å². The minimum Gasteiger partial charge on any atom is -0.319 e. The van der Waals surface area contributed by atoms with Gasteiger partial charge < -0.3 is 5.32 Å². The summed E-state index contributed by atoms with van der Waals surface area (Å²) >= 11 is 11.6. The van der Waals surface area contributed by atoms with E-state index in [1.807, 2.05) is 0 Å². The maximum atomic E-state index is 12.2. The summed E-state index contributed by atoms with van der Waals surface area (Å²) in [5.41, 5.74) is 0.0790. The molecule has 0 spiro atoms. The van der Waals surface area contributed by atoms with Gasteiger partial charge in [0.1, 0.15) is 10.8 Å². The van der Waals surface area contributed by atoms with Gasteiger partial charge in [0.25, 0.3) is 5.91 Å². The van der Waals surface area contributed by atoms with Crippen LogP contribution in [0.25, 0.3) is 0 Å². The van der Waals surface area contributed by atoms with Crippen molar-refractivity contribution in [2.24, 2.45) is 0 Å². The Labute approximate surface area is 131 Å². The first-order chi connectivity index (χ1) is 9.79. The normalized spacial score (nSPS) is 11.2. The molecule has 0 saturated carbocycles. The number of halogens is 2. The van der Waals surface area contributed by atoms with Gasteiger partial charge in [0, 0.05) is 6.26 Å². The number of pyridine rings is 1. The molecule has 0 fully saturated rings. The van der Waals surface area contributed by atoms with Crippen molar-refractivity contribution in [3.8, 4) is 0 Å². The molecular formula is C13H10Cl2N2O3S. The average Bonchev–Trinajstić information content (AvgIpc) is 2.41. The van der Waals surface area contributed by atoms with E-state index in [1.54, 1.807) is 12.1 Å². The summed E-state index contributed by atoms with van der Waals surface area (Å²) in [6.07, 6.45) is 1.06. The number of hydrogen-bond acceptors (Lipinski definition) is 4. The fourth-order valence-corrected chi connectivity index (χ4v) is 2.84. The van der Waals surface area contributed by atoms with E-state index in [0.29, 0.717) is 0 Å². The first kappa shape index (κ1) is 15.8. The number of carbonyl (C=O) groups is 1. The van der Waals surface area contributed by atoms with Crippen molar-refractivity contribution in [2.45, 2.75) is 4.90 Å². The predicted molar refractivity (Wildman–Crippen MR) is 81.8 cm³/mol. The van der Waals surface area contributed by atoms with Gasteiger partial charge in [-0.05, 0) is 24.3 Å². The van der Waals surface area contributed by atoms with E-state index >= 15 is 0 Å². The molecule has 2 rings (SSSR count). The Morgan fingerprint density at radius 1 is 1.14 bits per heavy atom. The molecule has 1 N–H and O–H groups in total. The molecule has 1 heterocycles. The van der Waals surface area contributed by atoms with Crippen molar-refractivity contribution in [1.82, 2.24) is 4.98 Å². The van der Waals surface area contributed by atoms with Crippen LogP contribution in [-0.4, -0.2) is 25.6 Å². The number of para-hydroxylation sites is 1. The Hall–Kier alpha value is -1.63. The maximum absolute atomic E-state index is 12.2. The molecule has 21 heavy (non-hydrogen) atoms. The molecule has 0 atom stereocenters. The summed E-state index contributed by atoms with van der Waals surface area (Å²) in [4.78, 5) is 16.0. The summed E-state index contributed by atoms with van der Waals surface area (Å²) in [5, 5.41) is 2.71. The fraction of sp³-hybridized carbons (Fsp3) is 0.0769. The molecule has 0 unspecified atom stereocenters. The highest BCUT2D eigenvalue weighted by molar-refractivity contribution is 7.90. The molecule has 2 aromatic rings. The van der Waals surface area contributed by atoms with Crippen LogP contribution in [0, 0.1) is 0 Å². The lowest BCUT2D eigenvalue weighted by atomic mass is 10.3. The van der Waals surface area contributed by atoms with Crippen LogP contribution in [0.1, 0.15) is 10.5 Å². The van der Waals surface area contributed by atoms with Crippen molar-refractivity contribution < 1.29 is 13.2 Å². The third-order valence-electron chi connectivity index (χ3n) is 2.56. The maximum Gasteiger partial charge on any atom is 0.275 e. The van der Waals surface area contributed by atoms with Gasteiger partial charge in [0.15, 0.2) is 9.84 Å². The molecule has 110 valence electrons. The fourth-order valence-electron chi connectivity index (χ4n) is 1.65. The third-order valence-corrected chi connectivity index (χ3v) is 4.23. The quantitative estimate of drug-likeness (QED) is 0.868. The molecule has 0 aliphatic rings. The molecule has 0 aliphatic heterocycles. The molecule has 8 heteroatoms. The molecule has 0 radical (unpaired) electrons. The molecule has 0 aliphatic carbocycles. The van der Waals surface area contributed by atoms with Crippen LogP contribution in [0.4, 0.5) is 5.69 Å². The van der Waals surface area contributed by atoms with Gasteiger partial charge in [-0.3, -0.25) is 4.79 Å². The van der Waals surface area contributed by atoms with Gasteiger partial charge in [-0.15, -0.1) is 0 Å². The van der Waals surface area contributed by atoms with E-state index in [9.17, 15) is 13.2 Å². The van der Waals surface area contributed by atoms with Crippen molar-refractivity contribution in [3.05, 3.63) is 52.3 Å².